The first-order chi connectivity index (χ1) is 9.20. The molecule has 106 valence electrons. The van der Waals surface area contributed by atoms with Gasteiger partial charge in [0.1, 0.15) is 0 Å². The Morgan fingerprint density at radius 1 is 1.05 bits per heavy atom. The van der Waals surface area contributed by atoms with Gasteiger partial charge in [-0.15, -0.1) is 0 Å². The number of quaternary nitrogens is 1. The molecule has 0 aliphatic rings. The zero-order valence-electron chi connectivity index (χ0n) is 11.4. The number of halogens is 1. The summed E-state index contributed by atoms with van der Waals surface area (Å²) >= 11 is 0. The van der Waals surface area contributed by atoms with Gasteiger partial charge in [0, 0.05) is 6.42 Å². The molecule has 2 aromatic carbocycles. The van der Waals surface area contributed by atoms with Crippen LogP contribution >= 0.6 is 0 Å². The van der Waals surface area contributed by atoms with Crippen molar-refractivity contribution in [2.24, 2.45) is 0 Å². The highest BCUT2D eigenvalue weighted by Gasteiger charge is 2.17. The Hall–Kier alpha value is -1.84. The van der Waals surface area contributed by atoms with E-state index >= 15 is 0 Å². The molecule has 0 amide bonds. The molecule has 2 aromatic rings. The second-order valence-electron chi connectivity index (χ2n) is 4.49. The zero-order valence-corrected chi connectivity index (χ0v) is 12.1. The summed E-state index contributed by atoms with van der Waals surface area (Å²) in [5.41, 5.74) is 7.26. The van der Waals surface area contributed by atoms with E-state index in [-0.39, 0.29) is 24.4 Å². The van der Waals surface area contributed by atoms with E-state index in [2.05, 4.69) is 34.7 Å². The Balaban J connectivity index is 0.00000200. The summed E-state index contributed by atoms with van der Waals surface area (Å²) in [6.07, 6.45) is 0.599. The molecule has 3 nitrogen and oxygen atoms in total. The lowest BCUT2D eigenvalue weighted by molar-refractivity contribution is -0.407. The second kappa shape index (κ2) is 7.68. The predicted octanol–water partition coefficient (Wildman–Crippen LogP) is -1.32. The molecule has 0 aliphatic carbocycles. The summed E-state index contributed by atoms with van der Waals surface area (Å²) in [6, 6.07) is 18.0. The van der Waals surface area contributed by atoms with Crippen LogP contribution in [0, 0.1) is 0 Å². The van der Waals surface area contributed by atoms with E-state index in [9.17, 15) is 4.79 Å². The van der Waals surface area contributed by atoms with Crippen LogP contribution in [0.15, 0.2) is 54.6 Å². The number of ether oxygens (including phenoxy) is 1. The van der Waals surface area contributed by atoms with Crippen LogP contribution in [0.25, 0.3) is 11.1 Å². The van der Waals surface area contributed by atoms with Crippen molar-refractivity contribution in [3.05, 3.63) is 60.2 Å². The largest absolute Gasteiger partial charge is 1.00 e. The maximum absolute atomic E-state index is 11.3. The van der Waals surface area contributed by atoms with Crippen LogP contribution in [-0.4, -0.2) is 19.1 Å². The highest BCUT2D eigenvalue weighted by molar-refractivity contribution is 5.74. The lowest BCUT2D eigenvalue weighted by atomic mass is 10.0. The molecule has 4 heteroatoms. The average Bonchev–Trinajstić information content (AvgIpc) is 2.48. The fourth-order valence-electron chi connectivity index (χ4n) is 2.00. The van der Waals surface area contributed by atoms with Gasteiger partial charge in [0.2, 0.25) is 0 Å². The van der Waals surface area contributed by atoms with Gasteiger partial charge in [0.25, 0.3) is 0 Å². The van der Waals surface area contributed by atoms with Crippen molar-refractivity contribution >= 4 is 5.97 Å². The highest BCUT2D eigenvalue weighted by Crippen LogP contribution is 2.19. The topological polar surface area (TPSA) is 53.9 Å². The summed E-state index contributed by atoms with van der Waals surface area (Å²) < 4.78 is 4.68. The molecule has 0 aliphatic heterocycles. The Morgan fingerprint density at radius 2 is 1.60 bits per heavy atom. The minimum atomic E-state index is -0.354. The standard InChI is InChI=1S/C16H17NO2.ClH/c1-19-16(18)15(17)11-12-7-9-14(10-8-12)13-5-3-2-4-6-13;/h2-10,15H,11,17H2,1H3;1H. The van der Waals surface area contributed by atoms with Gasteiger partial charge < -0.3 is 22.9 Å². The van der Waals surface area contributed by atoms with Crippen LogP contribution in [0.5, 0.6) is 0 Å². The van der Waals surface area contributed by atoms with Crippen LogP contribution in [-0.2, 0) is 16.0 Å². The van der Waals surface area contributed by atoms with Gasteiger partial charge >= 0.3 is 5.97 Å². The molecule has 0 radical (unpaired) electrons. The first-order valence-corrected chi connectivity index (χ1v) is 6.26. The number of esters is 1. The number of carbonyl (C=O) groups excluding carboxylic acids is 1. The summed E-state index contributed by atoms with van der Waals surface area (Å²) in [5.74, 6) is -0.271. The quantitative estimate of drug-likeness (QED) is 0.711. The number of hydrogen-bond donors (Lipinski definition) is 1. The molecule has 20 heavy (non-hydrogen) atoms. The fourth-order valence-corrected chi connectivity index (χ4v) is 2.00. The van der Waals surface area contributed by atoms with E-state index in [1.54, 1.807) is 0 Å². The van der Waals surface area contributed by atoms with Crippen molar-refractivity contribution in [3.63, 3.8) is 0 Å². The Morgan fingerprint density at radius 3 is 2.15 bits per heavy atom. The van der Waals surface area contributed by atoms with Crippen molar-refractivity contribution in [1.29, 1.82) is 0 Å². The van der Waals surface area contributed by atoms with Crippen LogP contribution in [0.3, 0.4) is 0 Å². The molecule has 0 saturated heterocycles. The van der Waals surface area contributed by atoms with Gasteiger partial charge in [-0.1, -0.05) is 54.6 Å². The van der Waals surface area contributed by atoms with Gasteiger partial charge in [0.15, 0.2) is 6.04 Å². The Bertz CT molecular complexity index is 540. The second-order valence-corrected chi connectivity index (χ2v) is 4.49. The molecular formula is C16H18ClNO2. The molecule has 0 bridgehead atoms. The highest BCUT2D eigenvalue weighted by atomic mass is 35.5. The Labute approximate surface area is 125 Å². The van der Waals surface area contributed by atoms with Crippen LogP contribution < -0.4 is 18.1 Å². The lowest BCUT2D eigenvalue weighted by Crippen LogP contribution is -3.00. The maximum atomic E-state index is 11.3. The number of benzene rings is 2. The number of methoxy groups -OCH3 is 1. The predicted molar refractivity (Wildman–Crippen MR) is 74.3 cm³/mol. The Kier molecular flexibility index (Phi) is 6.22. The van der Waals surface area contributed by atoms with Gasteiger partial charge in [-0.05, 0) is 16.7 Å². The monoisotopic (exact) mass is 291 g/mol. The lowest BCUT2D eigenvalue weighted by Gasteiger charge is -2.07. The molecule has 0 heterocycles. The summed E-state index contributed by atoms with van der Waals surface area (Å²) in [4.78, 5) is 11.3. The number of carbonyl (C=O) groups is 1. The minimum absolute atomic E-state index is 0. The van der Waals surface area contributed by atoms with E-state index in [1.807, 2.05) is 30.3 Å². The van der Waals surface area contributed by atoms with Crippen molar-refractivity contribution in [2.75, 3.05) is 7.11 Å². The van der Waals surface area contributed by atoms with Crippen LogP contribution in [0.4, 0.5) is 0 Å². The van der Waals surface area contributed by atoms with Crippen molar-refractivity contribution < 1.29 is 27.7 Å². The molecule has 0 aromatic heterocycles. The number of hydrogen-bond acceptors (Lipinski definition) is 2. The van der Waals surface area contributed by atoms with E-state index in [0.29, 0.717) is 6.42 Å². The fraction of sp³-hybridized carbons (Fsp3) is 0.188. The van der Waals surface area contributed by atoms with Gasteiger partial charge in [-0.25, -0.2) is 4.79 Å². The van der Waals surface area contributed by atoms with Crippen molar-refractivity contribution in [3.8, 4) is 11.1 Å². The minimum Gasteiger partial charge on any atom is -1.00 e. The molecule has 1 atom stereocenters. The molecule has 0 spiro atoms. The van der Waals surface area contributed by atoms with Crippen molar-refractivity contribution in [1.82, 2.24) is 0 Å². The van der Waals surface area contributed by atoms with Crippen molar-refractivity contribution in [2.45, 2.75) is 12.5 Å². The third-order valence-electron chi connectivity index (χ3n) is 3.08. The van der Waals surface area contributed by atoms with Crippen LogP contribution in [0.1, 0.15) is 5.56 Å². The third-order valence-corrected chi connectivity index (χ3v) is 3.08. The first-order valence-electron chi connectivity index (χ1n) is 6.26. The smallest absolute Gasteiger partial charge is 0.364 e. The van der Waals surface area contributed by atoms with E-state index < -0.39 is 0 Å². The molecule has 1 unspecified atom stereocenters. The summed E-state index contributed by atoms with van der Waals surface area (Å²) in [7, 11) is 1.39. The normalized spacial score (nSPS) is 11.3. The van der Waals surface area contributed by atoms with Gasteiger partial charge in [0.05, 0.1) is 7.11 Å². The van der Waals surface area contributed by atoms with E-state index in [4.69, 9.17) is 0 Å². The molecule has 2 rings (SSSR count). The summed E-state index contributed by atoms with van der Waals surface area (Å²) in [6.45, 7) is 0. The molecule has 0 fully saturated rings. The average molecular weight is 292 g/mol. The summed E-state index contributed by atoms with van der Waals surface area (Å²) in [5, 5.41) is 0. The first kappa shape index (κ1) is 16.2. The molecule has 3 N–H and O–H groups in total. The maximum Gasteiger partial charge on any atom is 0.364 e. The molecule has 0 saturated carbocycles. The number of rotatable bonds is 4. The zero-order chi connectivity index (χ0) is 13.7. The van der Waals surface area contributed by atoms with Gasteiger partial charge in [-0.2, -0.15) is 0 Å². The van der Waals surface area contributed by atoms with Crippen LogP contribution in [0.2, 0.25) is 0 Å². The molecular weight excluding hydrogens is 274 g/mol. The third kappa shape index (κ3) is 4.08. The SMILES string of the molecule is COC(=O)C([NH3+])Cc1ccc(-c2ccccc2)cc1.[Cl-]. The van der Waals surface area contributed by atoms with E-state index in [0.717, 1.165) is 5.56 Å². The van der Waals surface area contributed by atoms with Gasteiger partial charge in [-0.3, -0.25) is 0 Å². The van der Waals surface area contributed by atoms with E-state index in [1.165, 1.54) is 18.2 Å².